The monoisotopic (exact) mass is 294 g/mol. The molecule has 0 aromatic heterocycles. The first-order chi connectivity index (χ1) is 10.6. The first kappa shape index (κ1) is 15.1. The van der Waals surface area contributed by atoms with Crippen molar-refractivity contribution in [3.63, 3.8) is 0 Å². The summed E-state index contributed by atoms with van der Waals surface area (Å²) in [5, 5.41) is 13.9. The molecule has 0 aliphatic carbocycles. The van der Waals surface area contributed by atoms with Crippen molar-refractivity contribution in [2.24, 2.45) is 5.73 Å². The maximum atomic E-state index is 12.0. The van der Waals surface area contributed by atoms with E-state index >= 15 is 0 Å². The van der Waals surface area contributed by atoms with Crippen LogP contribution in [0.25, 0.3) is 0 Å². The SMILES string of the molecule is N#Cc1ccc(C(=O)NCc2ccc(NC(N)=O)cc2)cc1. The van der Waals surface area contributed by atoms with Gasteiger partial charge in [0.25, 0.3) is 5.91 Å². The average molecular weight is 294 g/mol. The van der Waals surface area contributed by atoms with Crippen molar-refractivity contribution in [1.82, 2.24) is 5.32 Å². The molecule has 0 radical (unpaired) electrons. The van der Waals surface area contributed by atoms with Crippen LogP contribution in [0.2, 0.25) is 0 Å². The number of carbonyl (C=O) groups excluding carboxylic acids is 2. The van der Waals surface area contributed by atoms with Gasteiger partial charge < -0.3 is 16.4 Å². The van der Waals surface area contributed by atoms with Gasteiger partial charge >= 0.3 is 6.03 Å². The molecule has 4 N–H and O–H groups in total. The van der Waals surface area contributed by atoms with E-state index in [0.29, 0.717) is 23.4 Å². The number of carbonyl (C=O) groups is 2. The Balaban J connectivity index is 1.93. The first-order valence-electron chi connectivity index (χ1n) is 6.52. The Morgan fingerprint density at radius 2 is 1.68 bits per heavy atom. The molecule has 0 heterocycles. The molecule has 3 amide bonds. The number of anilines is 1. The fourth-order valence-electron chi connectivity index (χ4n) is 1.83. The van der Waals surface area contributed by atoms with Crippen molar-refractivity contribution >= 4 is 17.6 Å². The second kappa shape index (κ2) is 6.90. The Morgan fingerprint density at radius 3 is 2.23 bits per heavy atom. The third-order valence-electron chi connectivity index (χ3n) is 2.95. The average Bonchev–Trinajstić information content (AvgIpc) is 2.53. The lowest BCUT2D eigenvalue weighted by Gasteiger charge is -2.07. The van der Waals surface area contributed by atoms with E-state index in [1.165, 1.54) is 0 Å². The second-order valence-corrected chi connectivity index (χ2v) is 4.56. The topological polar surface area (TPSA) is 108 Å². The van der Waals surface area contributed by atoms with E-state index < -0.39 is 6.03 Å². The van der Waals surface area contributed by atoms with Crippen molar-refractivity contribution < 1.29 is 9.59 Å². The van der Waals surface area contributed by atoms with Gasteiger partial charge in [0.1, 0.15) is 0 Å². The van der Waals surface area contributed by atoms with Crippen LogP contribution in [0.4, 0.5) is 10.5 Å². The second-order valence-electron chi connectivity index (χ2n) is 4.56. The predicted octanol–water partition coefficient (Wildman–Crippen LogP) is 1.98. The van der Waals surface area contributed by atoms with Gasteiger partial charge in [-0.05, 0) is 42.0 Å². The fraction of sp³-hybridized carbons (Fsp3) is 0.0625. The molecule has 6 heteroatoms. The number of hydrogen-bond acceptors (Lipinski definition) is 3. The van der Waals surface area contributed by atoms with Crippen LogP contribution in [-0.2, 0) is 6.54 Å². The van der Waals surface area contributed by atoms with Gasteiger partial charge in [-0.3, -0.25) is 4.79 Å². The van der Waals surface area contributed by atoms with E-state index in [1.54, 1.807) is 48.5 Å². The predicted molar refractivity (Wildman–Crippen MR) is 82.0 cm³/mol. The highest BCUT2D eigenvalue weighted by atomic mass is 16.2. The molecule has 0 saturated heterocycles. The highest BCUT2D eigenvalue weighted by molar-refractivity contribution is 5.94. The number of nitrogens with zero attached hydrogens (tertiary/aromatic N) is 1. The highest BCUT2D eigenvalue weighted by Gasteiger charge is 2.05. The van der Waals surface area contributed by atoms with E-state index in [2.05, 4.69) is 10.6 Å². The number of nitrogens with one attached hydrogen (secondary N) is 2. The maximum Gasteiger partial charge on any atom is 0.316 e. The van der Waals surface area contributed by atoms with E-state index in [9.17, 15) is 9.59 Å². The number of primary amides is 1. The van der Waals surface area contributed by atoms with Gasteiger partial charge in [-0.2, -0.15) is 5.26 Å². The largest absolute Gasteiger partial charge is 0.351 e. The van der Waals surface area contributed by atoms with Crippen molar-refractivity contribution in [2.45, 2.75) is 6.54 Å². The molecule has 0 atom stereocenters. The molecule has 0 saturated carbocycles. The zero-order valence-corrected chi connectivity index (χ0v) is 11.7. The molecule has 2 aromatic carbocycles. The van der Waals surface area contributed by atoms with Gasteiger partial charge in [-0.1, -0.05) is 12.1 Å². The number of urea groups is 1. The molecule has 0 unspecified atom stereocenters. The lowest BCUT2D eigenvalue weighted by molar-refractivity contribution is 0.0951. The molecule has 2 aromatic rings. The molecule has 0 aliphatic heterocycles. The number of nitrogens with two attached hydrogens (primary N) is 1. The van der Waals surface area contributed by atoms with Crippen LogP contribution in [0.1, 0.15) is 21.5 Å². The van der Waals surface area contributed by atoms with Gasteiger partial charge in [0.15, 0.2) is 0 Å². The number of nitriles is 1. The van der Waals surface area contributed by atoms with E-state index in [4.69, 9.17) is 11.0 Å². The lowest BCUT2D eigenvalue weighted by atomic mass is 10.1. The number of benzene rings is 2. The molecule has 6 nitrogen and oxygen atoms in total. The fourth-order valence-corrected chi connectivity index (χ4v) is 1.83. The van der Waals surface area contributed by atoms with E-state index in [-0.39, 0.29) is 5.91 Å². The standard InChI is InChI=1S/C16H14N4O2/c17-9-11-1-5-13(6-2-11)15(21)19-10-12-3-7-14(8-4-12)20-16(18)22/h1-8H,10H2,(H,19,21)(H3,18,20,22). The van der Waals surface area contributed by atoms with Crippen LogP contribution in [0.15, 0.2) is 48.5 Å². The molecule has 2 rings (SSSR count). The van der Waals surface area contributed by atoms with Gasteiger partial charge in [-0.25, -0.2) is 4.79 Å². The molecule has 0 spiro atoms. The zero-order valence-electron chi connectivity index (χ0n) is 11.7. The van der Waals surface area contributed by atoms with Gasteiger partial charge in [0, 0.05) is 17.8 Å². The number of amides is 3. The van der Waals surface area contributed by atoms with Crippen molar-refractivity contribution in [2.75, 3.05) is 5.32 Å². The summed E-state index contributed by atoms with van der Waals surface area (Å²) in [5.74, 6) is -0.219. The Labute approximate surface area is 127 Å². The van der Waals surface area contributed by atoms with Crippen LogP contribution in [0.3, 0.4) is 0 Å². The van der Waals surface area contributed by atoms with Gasteiger partial charge in [0.2, 0.25) is 0 Å². The van der Waals surface area contributed by atoms with Crippen LogP contribution >= 0.6 is 0 Å². The van der Waals surface area contributed by atoms with Crippen molar-refractivity contribution in [3.8, 4) is 6.07 Å². The number of rotatable bonds is 4. The highest BCUT2D eigenvalue weighted by Crippen LogP contribution is 2.09. The Bertz CT molecular complexity index is 715. The molecular weight excluding hydrogens is 280 g/mol. The van der Waals surface area contributed by atoms with Crippen molar-refractivity contribution in [1.29, 1.82) is 5.26 Å². The summed E-state index contributed by atoms with van der Waals surface area (Å²) < 4.78 is 0. The Hall–Kier alpha value is -3.33. The molecular formula is C16H14N4O2. The summed E-state index contributed by atoms with van der Waals surface area (Å²) in [6.07, 6.45) is 0. The van der Waals surface area contributed by atoms with Gasteiger partial charge in [0.05, 0.1) is 11.6 Å². The summed E-state index contributed by atoms with van der Waals surface area (Å²) >= 11 is 0. The molecule has 0 fully saturated rings. The summed E-state index contributed by atoms with van der Waals surface area (Å²) in [7, 11) is 0. The normalized spacial score (nSPS) is 9.59. The minimum atomic E-state index is -0.623. The van der Waals surface area contributed by atoms with Crippen LogP contribution in [0.5, 0.6) is 0 Å². The van der Waals surface area contributed by atoms with Gasteiger partial charge in [-0.15, -0.1) is 0 Å². The van der Waals surface area contributed by atoms with Crippen LogP contribution in [-0.4, -0.2) is 11.9 Å². The summed E-state index contributed by atoms with van der Waals surface area (Å²) in [4.78, 5) is 22.7. The molecule has 22 heavy (non-hydrogen) atoms. The lowest BCUT2D eigenvalue weighted by Crippen LogP contribution is -2.22. The van der Waals surface area contributed by atoms with E-state index in [0.717, 1.165) is 5.56 Å². The van der Waals surface area contributed by atoms with E-state index in [1.807, 2.05) is 6.07 Å². The summed E-state index contributed by atoms with van der Waals surface area (Å²) in [6.45, 7) is 0.357. The first-order valence-corrected chi connectivity index (χ1v) is 6.52. The minimum Gasteiger partial charge on any atom is -0.351 e. The minimum absolute atomic E-state index is 0.219. The third-order valence-corrected chi connectivity index (χ3v) is 2.95. The Kier molecular flexibility index (Phi) is 4.73. The zero-order chi connectivity index (χ0) is 15.9. The summed E-state index contributed by atoms with van der Waals surface area (Å²) in [5.41, 5.74) is 7.50. The van der Waals surface area contributed by atoms with Crippen LogP contribution < -0.4 is 16.4 Å². The smallest absolute Gasteiger partial charge is 0.316 e. The van der Waals surface area contributed by atoms with Crippen LogP contribution in [0, 0.1) is 11.3 Å². The third kappa shape index (κ3) is 4.08. The number of hydrogen-bond donors (Lipinski definition) is 3. The molecule has 0 bridgehead atoms. The maximum absolute atomic E-state index is 12.0. The Morgan fingerprint density at radius 1 is 1.05 bits per heavy atom. The van der Waals surface area contributed by atoms with Crippen molar-refractivity contribution in [3.05, 3.63) is 65.2 Å². The molecule has 0 aliphatic rings. The molecule has 110 valence electrons. The summed E-state index contributed by atoms with van der Waals surface area (Å²) in [6, 6.07) is 14.7. The quantitative estimate of drug-likeness (QED) is 0.802.